The Balaban J connectivity index is 2.29. The first-order valence-corrected chi connectivity index (χ1v) is 4.20. The minimum absolute atomic E-state index is 0.215. The van der Waals surface area contributed by atoms with Crippen molar-refractivity contribution in [1.29, 1.82) is 0 Å². The Hall–Kier alpha value is -0.160. The molecular weight excluding hydrogens is 156 g/mol. The fourth-order valence-electron chi connectivity index (χ4n) is 1.51. The van der Waals surface area contributed by atoms with Crippen molar-refractivity contribution in [3.8, 4) is 0 Å². The number of nitrogens with zero attached hydrogens (tertiary/aromatic N) is 1. The van der Waals surface area contributed by atoms with Gasteiger partial charge < -0.3 is 14.5 Å². The van der Waals surface area contributed by atoms with Crippen LogP contribution in [0.4, 0.5) is 0 Å². The highest BCUT2D eigenvalue weighted by molar-refractivity contribution is 4.87. The lowest BCUT2D eigenvalue weighted by molar-refractivity contribution is -0.167. The van der Waals surface area contributed by atoms with E-state index in [0.29, 0.717) is 0 Å². The lowest BCUT2D eigenvalue weighted by Gasteiger charge is -2.42. The second kappa shape index (κ2) is 4.18. The van der Waals surface area contributed by atoms with E-state index < -0.39 is 0 Å². The third kappa shape index (κ3) is 2.42. The van der Waals surface area contributed by atoms with Gasteiger partial charge in [0, 0.05) is 13.6 Å². The predicted molar refractivity (Wildman–Crippen MR) is 46.8 cm³/mol. The molecule has 1 heterocycles. The van der Waals surface area contributed by atoms with E-state index in [1.54, 1.807) is 7.05 Å². The molecule has 0 aromatic rings. The zero-order chi connectivity index (χ0) is 9.03. The highest BCUT2D eigenvalue weighted by atomic mass is 16.6. The Bertz CT molecular complexity index is 135. The first-order chi connectivity index (χ1) is 5.68. The Morgan fingerprint density at radius 2 is 2.17 bits per heavy atom. The monoisotopic (exact) mass is 174 g/mol. The molecule has 0 unspecified atom stereocenters. The van der Waals surface area contributed by atoms with Crippen LogP contribution in [0.15, 0.2) is 0 Å². The van der Waals surface area contributed by atoms with Crippen LogP contribution in [0.5, 0.6) is 0 Å². The van der Waals surface area contributed by atoms with E-state index in [-0.39, 0.29) is 5.41 Å². The molecule has 1 aliphatic heterocycles. The smallest absolute Gasteiger partial charge is 0.0795 e. The van der Waals surface area contributed by atoms with Crippen LogP contribution < -0.4 is 5.48 Å². The molecule has 4 heteroatoms. The highest BCUT2D eigenvalue weighted by Gasteiger charge is 2.39. The summed E-state index contributed by atoms with van der Waals surface area (Å²) in [4.78, 5) is 7.35. The molecule has 0 radical (unpaired) electrons. The minimum atomic E-state index is 0.215. The number of rotatable bonds is 5. The molecule has 4 nitrogen and oxygen atoms in total. The maximum atomic E-state index is 5.20. The summed E-state index contributed by atoms with van der Waals surface area (Å²) in [6.07, 6.45) is 0. The molecule has 1 rings (SSSR count). The number of hydroxylamine groups is 1. The van der Waals surface area contributed by atoms with Gasteiger partial charge in [-0.05, 0) is 14.1 Å². The Morgan fingerprint density at radius 1 is 1.50 bits per heavy atom. The molecule has 0 atom stereocenters. The molecule has 12 heavy (non-hydrogen) atoms. The summed E-state index contributed by atoms with van der Waals surface area (Å²) >= 11 is 0. The first kappa shape index (κ1) is 9.92. The second-order valence-corrected chi connectivity index (χ2v) is 3.72. The third-order valence-electron chi connectivity index (χ3n) is 1.99. The van der Waals surface area contributed by atoms with Gasteiger partial charge in [0.25, 0.3) is 0 Å². The average molecular weight is 174 g/mol. The minimum Gasteiger partial charge on any atom is -0.380 e. The molecule has 1 saturated heterocycles. The van der Waals surface area contributed by atoms with Gasteiger partial charge in [-0.3, -0.25) is 0 Å². The van der Waals surface area contributed by atoms with Gasteiger partial charge in [-0.25, -0.2) is 5.48 Å². The predicted octanol–water partition coefficient (Wildman–Crippen LogP) is -0.284. The van der Waals surface area contributed by atoms with Gasteiger partial charge in [0.15, 0.2) is 0 Å². The zero-order valence-corrected chi connectivity index (χ0v) is 8.09. The van der Waals surface area contributed by atoms with Crippen LogP contribution in [-0.4, -0.2) is 52.4 Å². The molecule has 0 amide bonds. The topological polar surface area (TPSA) is 33.7 Å². The van der Waals surface area contributed by atoms with E-state index >= 15 is 0 Å². The van der Waals surface area contributed by atoms with Crippen molar-refractivity contribution in [2.24, 2.45) is 5.41 Å². The SMILES string of the molecule is CNOCC1(CN(C)C)COC1. The third-order valence-corrected chi connectivity index (χ3v) is 1.99. The fourth-order valence-corrected chi connectivity index (χ4v) is 1.51. The van der Waals surface area contributed by atoms with E-state index in [4.69, 9.17) is 9.57 Å². The van der Waals surface area contributed by atoms with Gasteiger partial charge in [-0.2, -0.15) is 0 Å². The summed E-state index contributed by atoms with van der Waals surface area (Å²) in [7, 11) is 5.92. The van der Waals surface area contributed by atoms with Crippen molar-refractivity contribution >= 4 is 0 Å². The molecule has 0 aromatic heterocycles. The molecule has 1 aliphatic rings. The molecule has 0 spiro atoms. The van der Waals surface area contributed by atoms with Crippen molar-refractivity contribution in [2.75, 3.05) is 47.5 Å². The van der Waals surface area contributed by atoms with Crippen molar-refractivity contribution in [3.63, 3.8) is 0 Å². The first-order valence-electron chi connectivity index (χ1n) is 4.20. The van der Waals surface area contributed by atoms with Crippen molar-refractivity contribution in [1.82, 2.24) is 10.4 Å². The molecule has 1 N–H and O–H groups in total. The van der Waals surface area contributed by atoms with Crippen molar-refractivity contribution < 1.29 is 9.57 Å². The quantitative estimate of drug-likeness (QED) is 0.581. The summed E-state index contributed by atoms with van der Waals surface area (Å²) in [6.45, 7) is 3.37. The largest absolute Gasteiger partial charge is 0.380 e. The van der Waals surface area contributed by atoms with Crippen molar-refractivity contribution in [3.05, 3.63) is 0 Å². The number of hydrogen-bond donors (Lipinski definition) is 1. The van der Waals surface area contributed by atoms with Gasteiger partial charge in [-0.15, -0.1) is 0 Å². The van der Waals surface area contributed by atoms with Crippen LogP contribution >= 0.6 is 0 Å². The fraction of sp³-hybridized carbons (Fsp3) is 1.00. The molecule has 0 saturated carbocycles. The zero-order valence-electron chi connectivity index (χ0n) is 8.09. The summed E-state index contributed by atoms with van der Waals surface area (Å²) in [5.74, 6) is 0. The van der Waals surface area contributed by atoms with Crippen LogP contribution in [0, 0.1) is 5.41 Å². The average Bonchev–Trinajstić information content (AvgIpc) is 1.94. The van der Waals surface area contributed by atoms with E-state index in [9.17, 15) is 0 Å². The van der Waals surface area contributed by atoms with Crippen LogP contribution in [0.1, 0.15) is 0 Å². The molecule has 1 fully saturated rings. The summed E-state index contributed by atoms with van der Waals surface area (Å²) < 4.78 is 5.20. The standard InChI is InChI=1S/C8H18N2O2/c1-9-12-7-8(4-10(2)3)5-11-6-8/h9H,4-7H2,1-3H3. The van der Waals surface area contributed by atoms with Gasteiger partial charge in [0.1, 0.15) is 0 Å². The van der Waals surface area contributed by atoms with Crippen LogP contribution in [0.25, 0.3) is 0 Å². The Kier molecular flexibility index (Phi) is 3.46. The lowest BCUT2D eigenvalue weighted by atomic mass is 9.86. The summed E-state index contributed by atoms with van der Waals surface area (Å²) in [6, 6.07) is 0. The maximum absolute atomic E-state index is 5.20. The lowest BCUT2D eigenvalue weighted by Crippen LogP contribution is -2.53. The van der Waals surface area contributed by atoms with Gasteiger partial charge in [0.2, 0.25) is 0 Å². The summed E-state index contributed by atoms with van der Waals surface area (Å²) in [5, 5.41) is 0. The Morgan fingerprint density at radius 3 is 2.50 bits per heavy atom. The van der Waals surface area contributed by atoms with E-state index in [0.717, 1.165) is 26.4 Å². The molecular formula is C8H18N2O2. The number of nitrogens with one attached hydrogen (secondary N) is 1. The van der Waals surface area contributed by atoms with Crippen LogP contribution in [-0.2, 0) is 9.57 Å². The molecule has 72 valence electrons. The van der Waals surface area contributed by atoms with E-state index in [1.807, 2.05) is 0 Å². The number of hydrogen-bond acceptors (Lipinski definition) is 4. The molecule has 0 aromatic carbocycles. The van der Waals surface area contributed by atoms with E-state index in [1.165, 1.54) is 0 Å². The molecule has 0 bridgehead atoms. The van der Waals surface area contributed by atoms with Crippen molar-refractivity contribution in [2.45, 2.75) is 0 Å². The normalized spacial score (nSPS) is 21.0. The van der Waals surface area contributed by atoms with Gasteiger partial charge in [0.05, 0.1) is 25.2 Å². The number of ether oxygens (including phenoxy) is 1. The van der Waals surface area contributed by atoms with Crippen LogP contribution in [0.2, 0.25) is 0 Å². The Labute approximate surface area is 73.8 Å². The summed E-state index contributed by atoms with van der Waals surface area (Å²) in [5.41, 5.74) is 2.91. The maximum Gasteiger partial charge on any atom is 0.0795 e. The van der Waals surface area contributed by atoms with E-state index in [2.05, 4.69) is 24.5 Å². The van der Waals surface area contributed by atoms with Crippen LogP contribution in [0.3, 0.4) is 0 Å². The highest BCUT2D eigenvalue weighted by Crippen LogP contribution is 2.27. The van der Waals surface area contributed by atoms with Gasteiger partial charge in [-0.1, -0.05) is 0 Å². The second-order valence-electron chi connectivity index (χ2n) is 3.72. The van der Waals surface area contributed by atoms with Gasteiger partial charge >= 0.3 is 0 Å². The molecule has 0 aliphatic carbocycles.